The molecule has 1 aromatic heterocycles. The molecule has 1 aliphatic rings. The molecular weight excluding hydrogens is 418 g/mol. The van der Waals surface area contributed by atoms with E-state index in [4.69, 9.17) is 9.47 Å². The number of amides is 1. The molecule has 0 fully saturated rings. The fraction of sp³-hybridized carbons (Fsp3) is 0.160. The van der Waals surface area contributed by atoms with E-state index in [1.807, 2.05) is 54.7 Å². The quantitative estimate of drug-likeness (QED) is 0.286. The van der Waals surface area contributed by atoms with Gasteiger partial charge in [-0.3, -0.25) is 4.79 Å². The van der Waals surface area contributed by atoms with E-state index >= 15 is 0 Å². The lowest BCUT2D eigenvalue weighted by Crippen LogP contribution is -2.07. The number of rotatable bonds is 11. The van der Waals surface area contributed by atoms with Gasteiger partial charge in [-0.05, 0) is 60.5 Å². The van der Waals surface area contributed by atoms with Crippen LogP contribution in [0.5, 0.6) is 5.75 Å². The van der Waals surface area contributed by atoms with Gasteiger partial charge >= 0.3 is 0 Å². The van der Waals surface area contributed by atoms with Gasteiger partial charge in [0.15, 0.2) is 0 Å². The minimum absolute atomic E-state index is 0.264. The van der Waals surface area contributed by atoms with E-state index in [-0.39, 0.29) is 5.91 Å². The molecule has 8 heteroatoms. The lowest BCUT2D eigenvalue weighted by Gasteiger charge is -2.13. The molecule has 3 N–H and O–H groups in total. The zero-order valence-corrected chi connectivity index (χ0v) is 18.3. The summed E-state index contributed by atoms with van der Waals surface area (Å²) in [6.07, 6.45) is 6.09. The third-order valence-electron chi connectivity index (χ3n) is 4.79. The third kappa shape index (κ3) is 6.18. The molecule has 0 bridgehead atoms. The van der Waals surface area contributed by atoms with Crippen LogP contribution in [0.25, 0.3) is 5.57 Å². The Bertz CT molecular complexity index is 1170. The molecule has 0 saturated heterocycles. The first-order valence-electron chi connectivity index (χ1n) is 10.5. The Morgan fingerprint density at radius 2 is 1.88 bits per heavy atom. The minimum atomic E-state index is -0.264. The molecule has 0 atom stereocenters. The number of aromatic nitrogens is 2. The van der Waals surface area contributed by atoms with Crippen LogP contribution >= 0.6 is 0 Å². The van der Waals surface area contributed by atoms with Gasteiger partial charge in [0.1, 0.15) is 18.2 Å². The second-order valence-electron chi connectivity index (χ2n) is 7.28. The topological polar surface area (TPSA) is 97.4 Å². The molecule has 1 aliphatic carbocycles. The van der Waals surface area contributed by atoms with E-state index in [1.54, 1.807) is 7.11 Å². The summed E-state index contributed by atoms with van der Waals surface area (Å²) in [6.45, 7) is 4.52. The highest BCUT2D eigenvalue weighted by atomic mass is 16.5. The molecule has 8 nitrogen and oxygen atoms in total. The van der Waals surface area contributed by atoms with Gasteiger partial charge in [-0.15, -0.1) is 0 Å². The van der Waals surface area contributed by atoms with E-state index in [1.165, 1.54) is 11.6 Å². The molecule has 1 heterocycles. The summed E-state index contributed by atoms with van der Waals surface area (Å²) in [6, 6.07) is 15.0. The fourth-order valence-electron chi connectivity index (χ4n) is 3.05. The zero-order valence-electron chi connectivity index (χ0n) is 18.3. The monoisotopic (exact) mass is 443 g/mol. The summed E-state index contributed by atoms with van der Waals surface area (Å²) in [5, 5.41) is 9.34. The molecule has 168 valence electrons. The molecule has 3 aromatic rings. The van der Waals surface area contributed by atoms with Crippen LogP contribution in [0.1, 0.15) is 12.0 Å². The number of hydrogen-bond acceptors (Lipinski definition) is 7. The van der Waals surface area contributed by atoms with Crippen molar-refractivity contribution in [3.63, 3.8) is 0 Å². The molecule has 0 radical (unpaired) electrons. The summed E-state index contributed by atoms with van der Waals surface area (Å²) in [7, 11) is 1.64. The maximum atomic E-state index is 11.6. The maximum Gasteiger partial charge on any atom is 0.247 e. The lowest BCUT2D eigenvalue weighted by molar-refractivity contribution is -0.111. The smallest absolute Gasteiger partial charge is 0.247 e. The van der Waals surface area contributed by atoms with Gasteiger partial charge < -0.3 is 25.4 Å². The van der Waals surface area contributed by atoms with Crippen LogP contribution in [0.15, 0.2) is 73.5 Å². The van der Waals surface area contributed by atoms with Gasteiger partial charge in [0.25, 0.3) is 0 Å². The number of anilines is 5. The Morgan fingerprint density at radius 3 is 2.61 bits per heavy atom. The SMILES string of the molecule is C=CC(=O)Nc1cccc(Nc2nc(Nc3ccc(OCCOC)cc3)ncc2C2=CC2)c1. The summed E-state index contributed by atoms with van der Waals surface area (Å²) < 4.78 is 10.6. The Kier molecular flexibility index (Phi) is 6.96. The third-order valence-corrected chi connectivity index (χ3v) is 4.79. The van der Waals surface area contributed by atoms with E-state index in [9.17, 15) is 4.79 Å². The van der Waals surface area contributed by atoms with Crippen LogP contribution in [0.4, 0.5) is 28.8 Å². The van der Waals surface area contributed by atoms with Crippen molar-refractivity contribution >= 4 is 40.3 Å². The summed E-state index contributed by atoms with van der Waals surface area (Å²) in [5.74, 6) is 1.65. The number of allylic oxidation sites excluding steroid dienone is 2. The Balaban J connectivity index is 1.50. The highest BCUT2D eigenvalue weighted by Crippen LogP contribution is 2.36. The fourth-order valence-corrected chi connectivity index (χ4v) is 3.05. The molecule has 2 aromatic carbocycles. The van der Waals surface area contributed by atoms with E-state index in [2.05, 4.69) is 38.6 Å². The number of hydrogen-bond donors (Lipinski definition) is 3. The van der Waals surface area contributed by atoms with Crippen molar-refractivity contribution in [3.8, 4) is 5.75 Å². The molecule has 0 spiro atoms. The van der Waals surface area contributed by atoms with Gasteiger partial charge in [0, 0.05) is 35.9 Å². The Labute approximate surface area is 192 Å². The minimum Gasteiger partial charge on any atom is -0.491 e. The highest BCUT2D eigenvalue weighted by molar-refractivity contribution is 5.99. The number of nitrogens with zero attached hydrogens (tertiary/aromatic N) is 2. The predicted octanol–water partition coefficient (Wildman–Crippen LogP) is 4.90. The van der Waals surface area contributed by atoms with Crippen molar-refractivity contribution in [2.45, 2.75) is 6.42 Å². The molecule has 33 heavy (non-hydrogen) atoms. The summed E-state index contributed by atoms with van der Waals surface area (Å²) >= 11 is 0. The average molecular weight is 444 g/mol. The van der Waals surface area contributed by atoms with Crippen molar-refractivity contribution in [1.29, 1.82) is 0 Å². The van der Waals surface area contributed by atoms with Crippen LogP contribution in [0.2, 0.25) is 0 Å². The van der Waals surface area contributed by atoms with Gasteiger partial charge in [-0.1, -0.05) is 18.7 Å². The molecule has 0 aliphatic heterocycles. The van der Waals surface area contributed by atoms with Gasteiger partial charge in [-0.25, -0.2) is 4.98 Å². The molecule has 1 amide bonds. The first-order valence-corrected chi connectivity index (χ1v) is 10.5. The van der Waals surface area contributed by atoms with Crippen LogP contribution in [-0.2, 0) is 9.53 Å². The standard InChI is InChI=1S/C25H25N5O3/c1-3-23(31)27-19-5-4-6-20(15-19)28-24-22(17-7-8-17)16-26-25(30-24)29-18-9-11-21(12-10-18)33-14-13-32-2/h3-7,9-12,15-16H,1,8,13-14H2,2H3,(H,27,31)(H2,26,28,29,30). The number of nitrogens with one attached hydrogen (secondary N) is 3. The van der Waals surface area contributed by atoms with E-state index < -0.39 is 0 Å². The Hall–Kier alpha value is -4.17. The summed E-state index contributed by atoms with van der Waals surface area (Å²) in [5.41, 5.74) is 4.44. The van der Waals surface area contributed by atoms with Gasteiger partial charge in [-0.2, -0.15) is 4.98 Å². The average Bonchev–Trinajstić information content (AvgIpc) is 3.66. The molecule has 0 unspecified atom stereocenters. The first kappa shape index (κ1) is 22.0. The number of methoxy groups -OCH3 is 1. The van der Waals surface area contributed by atoms with Crippen LogP contribution in [-0.4, -0.2) is 36.2 Å². The van der Waals surface area contributed by atoms with Crippen molar-refractivity contribution in [1.82, 2.24) is 9.97 Å². The lowest BCUT2D eigenvalue weighted by atomic mass is 10.2. The Morgan fingerprint density at radius 1 is 1.09 bits per heavy atom. The number of ether oxygens (including phenoxy) is 2. The number of carbonyl (C=O) groups excluding carboxylic acids is 1. The largest absolute Gasteiger partial charge is 0.491 e. The van der Waals surface area contributed by atoms with Crippen LogP contribution < -0.4 is 20.7 Å². The number of carbonyl (C=O) groups is 1. The number of benzene rings is 2. The zero-order chi connectivity index (χ0) is 23.0. The maximum absolute atomic E-state index is 11.6. The van der Waals surface area contributed by atoms with E-state index in [0.717, 1.165) is 29.1 Å². The van der Waals surface area contributed by atoms with Crippen molar-refractivity contribution < 1.29 is 14.3 Å². The normalized spacial score (nSPS) is 11.8. The van der Waals surface area contributed by atoms with Gasteiger partial charge in [0.05, 0.1) is 6.61 Å². The van der Waals surface area contributed by atoms with Crippen molar-refractivity contribution in [2.24, 2.45) is 0 Å². The second kappa shape index (κ2) is 10.4. The van der Waals surface area contributed by atoms with Crippen LogP contribution in [0.3, 0.4) is 0 Å². The summed E-state index contributed by atoms with van der Waals surface area (Å²) in [4.78, 5) is 20.8. The first-order chi connectivity index (χ1) is 16.1. The molecular formula is C25H25N5O3. The van der Waals surface area contributed by atoms with E-state index in [0.29, 0.717) is 30.7 Å². The second-order valence-corrected chi connectivity index (χ2v) is 7.28. The van der Waals surface area contributed by atoms with Crippen LogP contribution in [0, 0.1) is 0 Å². The molecule has 0 saturated carbocycles. The van der Waals surface area contributed by atoms with Crippen molar-refractivity contribution in [2.75, 3.05) is 36.3 Å². The predicted molar refractivity (Wildman–Crippen MR) is 130 cm³/mol. The highest BCUT2D eigenvalue weighted by Gasteiger charge is 2.17. The molecule has 4 rings (SSSR count). The van der Waals surface area contributed by atoms with Crippen molar-refractivity contribution in [3.05, 3.63) is 79.0 Å². The van der Waals surface area contributed by atoms with Gasteiger partial charge in [0.2, 0.25) is 11.9 Å².